The fourth-order valence-electron chi connectivity index (χ4n) is 2.60. The second kappa shape index (κ2) is 6.88. The first-order valence-corrected chi connectivity index (χ1v) is 7.95. The van der Waals surface area contributed by atoms with Crippen LogP contribution < -0.4 is 5.32 Å². The number of amides is 1. The van der Waals surface area contributed by atoms with E-state index in [1.165, 1.54) is 4.68 Å². The van der Waals surface area contributed by atoms with Crippen molar-refractivity contribution in [2.24, 2.45) is 7.05 Å². The summed E-state index contributed by atoms with van der Waals surface area (Å²) in [6, 6.07) is 9.85. The number of halogens is 1. The summed E-state index contributed by atoms with van der Waals surface area (Å²) in [5, 5.41) is 11.7. The third-order valence-corrected chi connectivity index (χ3v) is 4.26. The molecule has 0 unspecified atom stereocenters. The summed E-state index contributed by atoms with van der Waals surface area (Å²) >= 11 is 6.14. The first kappa shape index (κ1) is 16.3. The summed E-state index contributed by atoms with van der Waals surface area (Å²) in [6.07, 6.45) is 3.66. The van der Waals surface area contributed by atoms with Gasteiger partial charge in [-0.15, -0.1) is 0 Å². The second-order valence-corrected chi connectivity index (χ2v) is 5.89. The molecule has 124 valence electrons. The Morgan fingerprint density at radius 1 is 1.25 bits per heavy atom. The normalized spacial score (nSPS) is 10.8. The molecule has 1 aromatic carbocycles. The van der Waals surface area contributed by atoms with Crippen molar-refractivity contribution >= 4 is 17.5 Å². The van der Waals surface area contributed by atoms with Gasteiger partial charge in [0.05, 0.1) is 17.8 Å². The Bertz CT molecular complexity index is 854. The maximum Gasteiger partial charge on any atom is 0.256 e. The van der Waals surface area contributed by atoms with Crippen LogP contribution in [0.15, 0.2) is 42.7 Å². The molecule has 0 bridgehead atoms. The van der Waals surface area contributed by atoms with Gasteiger partial charge in [-0.25, -0.2) is 0 Å². The number of nitrogens with one attached hydrogen (secondary N) is 1. The van der Waals surface area contributed by atoms with Gasteiger partial charge < -0.3 is 5.32 Å². The van der Waals surface area contributed by atoms with Gasteiger partial charge in [-0.3, -0.25) is 14.2 Å². The van der Waals surface area contributed by atoms with E-state index < -0.39 is 0 Å². The molecule has 7 heteroatoms. The third kappa shape index (κ3) is 3.33. The quantitative estimate of drug-likeness (QED) is 0.774. The zero-order chi connectivity index (χ0) is 17.1. The topological polar surface area (TPSA) is 64.7 Å². The van der Waals surface area contributed by atoms with E-state index in [1.54, 1.807) is 20.2 Å². The highest BCUT2D eigenvalue weighted by Crippen LogP contribution is 2.18. The van der Waals surface area contributed by atoms with Crippen LogP contribution in [-0.4, -0.2) is 25.5 Å². The molecule has 0 atom stereocenters. The van der Waals surface area contributed by atoms with Crippen LogP contribution in [0.4, 0.5) is 0 Å². The number of aryl methyl sites for hydroxylation is 2. The van der Waals surface area contributed by atoms with Gasteiger partial charge in [0.2, 0.25) is 0 Å². The molecule has 3 aromatic rings. The molecule has 0 saturated carbocycles. The van der Waals surface area contributed by atoms with Crippen molar-refractivity contribution in [2.75, 3.05) is 0 Å². The predicted molar refractivity (Wildman–Crippen MR) is 91.9 cm³/mol. The molecule has 6 nitrogen and oxygen atoms in total. The van der Waals surface area contributed by atoms with Crippen LogP contribution in [-0.2, 0) is 20.1 Å². The largest absolute Gasteiger partial charge is 0.348 e. The minimum absolute atomic E-state index is 0.223. The molecule has 3 rings (SSSR count). The molecular formula is C17H18ClN5O. The minimum atomic E-state index is -0.223. The average molecular weight is 344 g/mol. The molecule has 2 heterocycles. The number of carbonyl (C=O) groups excluding carboxylic acids is 1. The summed E-state index contributed by atoms with van der Waals surface area (Å²) in [7, 11) is 1.71. The number of benzene rings is 1. The standard InChI is InChI=1S/C17H18ClN5O/c1-12-15(16(18)22(2)21-12)17(24)19-10-13-6-3-4-7-14(13)11-23-9-5-8-20-23/h3-9H,10-11H2,1-2H3,(H,19,24). The summed E-state index contributed by atoms with van der Waals surface area (Å²) in [4.78, 5) is 12.4. The van der Waals surface area contributed by atoms with Crippen molar-refractivity contribution in [1.82, 2.24) is 24.9 Å². The molecule has 0 aliphatic heterocycles. The van der Waals surface area contributed by atoms with E-state index in [2.05, 4.69) is 15.5 Å². The van der Waals surface area contributed by atoms with Crippen LogP contribution in [0.5, 0.6) is 0 Å². The van der Waals surface area contributed by atoms with Crippen molar-refractivity contribution in [3.63, 3.8) is 0 Å². The number of aromatic nitrogens is 4. The van der Waals surface area contributed by atoms with Crippen molar-refractivity contribution in [2.45, 2.75) is 20.0 Å². The molecule has 24 heavy (non-hydrogen) atoms. The van der Waals surface area contributed by atoms with Gasteiger partial charge in [-0.1, -0.05) is 35.9 Å². The Morgan fingerprint density at radius 3 is 2.62 bits per heavy atom. The smallest absolute Gasteiger partial charge is 0.256 e. The van der Waals surface area contributed by atoms with E-state index in [-0.39, 0.29) is 5.91 Å². The number of hydrogen-bond donors (Lipinski definition) is 1. The zero-order valence-electron chi connectivity index (χ0n) is 13.5. The monoisotopic (exact) mass is 343 g/mol. The van der Waals surface area contributed by atoms with Crippen LogP contribution in [0.1, 0.15) is 27.2 Å². The van der Waals surface area contributed by atoms with Crippen molar-refractivity contribution in [1.29, 1.82) is 0 Å². The highest BCUT2D eigenvalue weighted by Gasteiger charge is 2.18. The van der Waals surface area contributed by atoms with E-state index in [1.807, 2.05) is 41.2 Å². The molecule has 2 aromatic heterocycles. The van der Waals surface area contributed by atoms with Gasteiger partial charge in [0, 0.05) is 26.0 Å². The summed E-state index contributed by atoms with van der Waals surface area (Å²) in [5.74, 6) is -0.223. The lowest BCUT2D eigenvalue weighted by atomic mass is 10.1. The van der Waals surface area contributed by atoms with E-state index in [0.29, 0.717) is 29.5 Å². The molecule has 0 saturated heterocycles. The molecule has 0 fully saturated rings. The molecule has 0 aliphatic rings. The Balaban J connectivity index is 1.74. The van der Waals surface area contributed by atoms with Crippen LogP contribution in [0, 0.1) is 6.92 Å². The molecular weight excluding hydrogens is 326 g/mol. The van der Waals surface area contributed by atoms with Crippen LogP contribution in [0.25, 0.3) is 0 Å². The highest BCUT2D eigenvalue weighted by atomic mass is 35.5. The Kier molecular flexibility index (Phi) is 4.66. The fraction of sp³-hybridized carbons (Fsp3) is 0.235. The lowest BCUT2D eigenvalue weighted by molar-refractivity contribution is 0.0950. The van der Waals surface area contributed by atoms with E-state index >= 15 is 0 Å². The van der Waals surface area contributed by atoms with Gasteiger partial charge in [0.25, 0.3) is 5.91 Å². The molecule has 0 spiro atoms. The van der Waals surface area contributed by atoms with Gasteiger partial charge >= 0.3 is 0 Å². The van der Waals surface area contributed by atoms with Gasteiger partial charge in [-0.2, -0.15) is 10.2 Å². The molecule has 1 N–H and O–H groups in total. The van der Waals surface area contributed by atoms with E-state index in [4.69, 9.17) is 11.6 Å². The van der Waals surface area contributed by atoms with Crippen LogP contribution in [0.3, 0.4) is 0 Å². The fourth-order valence-corrected chi connectivity index (χ4v) is 2.86. The van der Waals surface area contributed by atoms with Crippen molar-refractivity contribution in [3.8, 4) is 0 Å². The Labute approximate surface area is 145 Å². The highest BCUT2D eigenvalue weighted by molar-refractivity contribution is 6.33. The molecule has 0 radical (unpaired) electrons. The van der Waals surface area contributed by atoms with Gasteiger partial charge in [-0.05, 0) is 24.1 Å². The number of nitrogens with zero attached hydrogens (tertiary/aromatic N) is 4. The maximum absolute atomic E-state index is 12.4. The van der Waals surface area contributed by atoms with E-state index in [9.17, 15) is 4.79 Å². The number of carbonyl (C=O) groups is 1. The average Bonchev–Trinajstić information content (AvgIpc) is 3.15. The lowest BCUT2D eigenvalue weighted by Gasteiger charge is -2.11. The predicted octanol–water partition coefficient (Wildman–Crippen LogP) is 2.56. The second-order valence-electron chi connectivity index (χ2n) is 5.53. The Hall–Kier alpha value is -2.60. The summed E-state index contributed by atoms with van der Waals surface area (Å²) < 4.78 is 3.35. The van der Waals surface area contributed by atoms with Gasteiger partial charge in [0.15, 0.2) is 0 Å². The van der Waals surface area contributed by atoms with Gasteiger partial charge in [0.1, 0.15) is 5.15 Å². The van der Waals surface area contributed by atoms with Crippen molar-refractivity contribution < 1.29 is 4.79 Å². The maximum atomic E-state index is 12.4. The number of hydrogen-bond acceptors (Lipinski definition) is 3. The molecule has 1 amide bonds. The lowest BCUT2D eigenvalue weighted by Crippen LogP contribution is -2.24. The SMILES string of the molecule is Cc1nn(C)c(Cl)c1C(=O)NCc1ccccc1Cn1cccn1. The Morgan fingerprint density at radius 2 is 2.00 bits per heavy atom. The van der Waals surface area contributed by atoms with Crippen LogP contribution >= 0.6 is 11.6 Å². The first-order valence-electron chi connectivity index (χ1n) is 7.57. The number of rotatable bonds is 5. The molecule has 0 aliphatic carbocycles. The summed E-state index contributed by atoms with van der Waals surface area (Å²) in [6.45, 7) is 2.85. The zero-order valence-corrected chi connectivity index (χ0v) is 14.3. The first-order chi connectivity index (χ1) is 11.6. The minimum Gasteiger partial charge on any atom is -0.348 e. The van der Waals surface area contributed by atoms with Crippen LogP contribution in [0.2, 0.25) is 5.15 Å². The summed E-state index contributed by atoms with van der Waals surface area (Å²) in [5.41, 5.74) is 3.18. The van der Waals surface area contributed by atoms with E-state index in [0.717, 1.165) is 11.1 Å². The third-order valence-electron chi connectivity index (χ3n) is 3.83. The van der Waals surface area contributed by atoms with Crippen molar-refractivity contribution in [3.05, 3.63) is 70.3 Å².